The van der Waals surface area contributed by atoms with E-state index < -0.39 is 6.43 Å². The standard InChI is InChI=1S/C13H18F2N2/c1-8-5-9(8)7-17(2)12-4-3-10(16)6-11(12)13(14)15/h3-4,6,8-9,13H,5,7,16H2,1-2H3. The average molecular weight is 240 g/mol. The predicted octanol–water partition coefficient (Wildman–Crippen LogP) is 3.30. The summed E-state index contributed by atoms with van der Waals surface area (Å²) in [5.74, 6) is 1.37. The molecule has 1 saturated carbocycles. The number of rotatable bonds is 4. The van der Waals surface area contributed by atoms with Crippen LogP contribution in [0.3, 0.4) is 0 Å². The lowest BCUT2D eigenvalue weighted by Crippen LogP contribution is -2.22. The molecule has 0 aromatic heterocycles. The minimum Gasteiger partial charge on any atom is -0.399 e. The van der Waals surface area contributed by atoms with Crippen molar-refractivity contribution in [3.8, 4) is 0 Å². The fourth-order valence-corrected chi connectivity index (χ4v) is 2.20. The molecule has 0 amide bonds. The van der Waals surface area contributed by atoms with Gasteiger partial charge in [-0.1, -0.05) is 6.92 Å². The van der Waals surface area contributed by atoms with Crippen molar-refractivity contribution < 1.29 is 8.78 Å². The second-order valence-electron chi connectivity index (χ2n) is 4.97. The fraction of sp³-hybridized carbons (Fsp3) is 0.538. The Morgan fingerprint density at radius 2 is 2.12 bits per heavy atom. The van der Waals surface area contributed by atoms with Gasteiger partial charge in [0, 0.05) is 30.5 Å². The largest absolute Gasteiger partial charge is 0.399 e. The second-order valence-corrected chi connectivity index (χ2v) is 4.97. The van der Waals surface area contributed by atoms with Crippen LogP contribution in [0.25, 0.3) is 0 Å². The Morgan fingerprint density at radius 1 is 1.47 bits per heavy atom. The average Bonchev–Trinajstić information content (AvgIpc) is 2.93. The summed E-state index contributed by atoms with van der Waals surface area (Å²) in [6.07, 6.45) is -1.28. The van der Waals surface area contributed by atoms with E-state index in [1.807, 2.05) is 11.9 Å². The van der Waals surface area contributed by atoms with Crippen molar-refractivity contribution in [2.45, 2.75) is 19.8 Å². The third-order valence-corrected chi connectivity index (χ3v) is 3.48. The molecule has 0 bridgehead atoms. The number of hydrogen-bond donors (Lipinski definition) is 1. The van der Waals surface area contributed by atoms with E-state index in [1.165, 1.54) is 12.5 Å². The van der Waals surface area contributed by atoms with Gasteiger partial charge in [0.1, 0.15) is 0 Å². The lowest BCUT2D eigenvalue weighted by molar-refractivity contribution is 0.152. The van der Waals surface area contributed by atoms with Crippen LogP contribution in [0, 0.1) is 11.8 Å². The molecule has 2 unspecified atom stereocenters. The van der Waals surface area contributed by atoms with Gasteiger partial charge in [-0.3, -0.25) is 0 Å². The minimum absolute atomic E-state index is 0.0285. The Hall–Kier alpha value is -1.32. The maximum atomic E-state index is 12.9. The molecule has 0 heterocycles. The minimum atomic E-state index is -2.48. The van der Waals surface area contributed by atoms with Crippen molar-refractivity contribution in [3.63, 3.8) is 0 Å². The lowest BCUT2D eigenvalue weighted by atomic mass is 10.1. The fourth-order valence-electron chi connectivity index (χ4n) is 2.20. The first-order valence-corrected chi connectivity index (χ1v) is 5.87. The van der Waals surface area contributed by atoms with Crippen LogP contribution in [-0.4, -0.2) is 13.6 Å². The van der Waals surface area contributed by atoms with Gasteiger partial charge in [-0.15, -0.1) is 0 Å². The summed E-state index contributed by atoms with van der Waals surface area (Å²) in [7, 11) is 1.86. The highest BCUT2D eigenvalue weighted by molar-refractivity contribution is 5.60. The van der Waals surface area contributed by atoms with Crippen LogP contribution < -0.4 is 10.6 Å². The number of nitrogen functional groups attached to an aromatic ring is 1. The summed E-state index contributed by atoms with van der Waals surface area (Å²) in [6.45, 7) is 3.03. The zero-order valence-corrected chi connectivity index (χ0v) is 10.2. The highest BCUT2D eigenvalue weighted by Crippen LogP contribution is 2.40. The first-order chi connectivity index (χ1) is 7.99. The van der Waals surface area contributed by atoms with E-state index in [2.05, 4.69) is 6.92 Å². The quantitative estimate of drug-likeness (QED) is 0.818. The molecule has 0 aliphatic heterocycles. The summed E-state index contributed by atoms with van der Waals surface area (Å²) in [5.41, 5.74) is 6.56. The van der Waals surface area contributed by atoms with E-state index >= 15 is 0 Å². The van der Waals surface area contributed by atoms with E-state index in [1.54, 1.807) is 12.1 Å². The van der Waals surface area contributed by atoms with E-state index in [-0.39, 0.29) is 5.56 Å². The van der Waals surface area contributed by atoms with Crippen molar-refractivity contribution in [2.75, 3.05) is 24.2 Å². The summed E-state index contributed by atoms with van der Waals surface area (Å²) in [6, 6.07) is 4.73. The monoisotopic (exact) mass is 240 g/mol. The molecular weight excluding hydrogens is 222 g/mol. The summed E-state index contributed by atoms with van der Waals surface area (Å²) < 4.78 is 25.8. The highest BCUT2D eigenvalue weighted by atomic mass is 19.3. The SMILES string of the molecule is CC1CC1CN(C)c1ccc(N)cc1C(F)F. The molecule has 0 spiro atoms. The van der Waals surface area contributed by atoms with Gasteiger partial charge in [0.25, 0.3) is 6.43 Å². The van der Waals surface area contributed by atoms with Crippen molar-refractivity contribution in [1.82, 2.24) is 0 Å². The number of nitrogens with zero attached hydrogens (tertiary/aromatic N) is 1. The number of alkyl halides is 2. The molecule has 2 N–H and O–H groups in total. The highest BCUT2D eigenvalue weighted by Gasteiger charge is 2.33. The van der Waals surface area contributed by atoms with Gasteiger partial charge in [0.05, 0.1) is 0 Å². The van der Waals surface area contributed by atoms with Crippen LogP contribution in [0.15, 0.2) is 18.2 Å². The van der Waals surface area contributed by atoms with Crippen LogP contribution >= 0.6 is 0 Å². The second kappa shape index (κ2) is 4.51. The molecule has 1 aliphatic carbocycles. The number of anilines is 2. The maximum absolute atomic E-state index is 12.9. The molecule has 4 heteroatoms. The summed E-state index contributed by atoms with van der Waals surface area (Å²) >= 11 is 0. The Balaban J connectivity index is 2.18. The van der Waals surface area contributed by atoms with E-state index in [4.69, 9.17) is 5.73 Å². The van der Waals surface area contributed by atoms with Gasteiger partial charge in [-0.05, 0) is 36.5 Å². The van der Waals surface area contributed by atoms with Crippen LogP contribution in [-0.2, 0) is 0 Å². The van der Waals surface area contributed by atoms with Gasteiger partial charge in [0.15, 0.2) is 0 Å². The Labute approximate surface area is 100 Å². The molecule has 2 rings (SSSR count). The van der Waals surface area contributed by atoms with Crippen LogP contribution in [0.4, 0.5) is 20.2 Å². The van der Waals surface area contributed by atoms with Gasteiger partial charge >= 0.3 is 0 Å². The van der Waals surface area contributed by atoms with E-state index in [0.717, 1.165) is 12.5 Å². The smallest absolute Gasteiger partial charge is 0.265 e. The van der Waals surface area contributed by atoms with Gasteiger partial charge in [0.2, 0.25) is 0 Å². The third-order valence-electron chi connectivity index (χ3n) is 3.48. The Kier molecular flexibility index (Phi) is 3.22. The maximum Gasteiger partial charge on any atom is 0.265 e. The van der Waals surface area contributed by atoms with E-state index in [0.29, 0.717) is 17.3 Å². The van der Waals surface area contributed by atoms with Crippen LogP contribution in [0.2, 0.25) is 0 Å². The van der Waals surface area contributed by atoms with Crippen LogP contribution in [0.1, 0.15) is 25.3 Å². The topological polar surface area (TPSA) is 29.3 Å². The number of halogens is 2. The molecule has 94 valence electrons. The number of nitrogens with two attached hydrogens (primary N) is 1. The first kappa shape index (κ1) is 12.1. The first-order valence-electron chi connectivity index (χ1n) is 5.87. The molecule has 0 radical (unpaired) electrons. The third kappa shape index (κ3) is 2.68. The summed E-state index contributed by atoms with van der Waals surface area (Å²) in [4.78, 5) is 1.91. The van der Waals surface area contributed by atoms with Crippen molar-refractivity contribution in [2.24, 2.45) is 11.8 Å². The molecule has 1 fully saturated rings. The molecular formula is C13H18F2N2. The van der Waals surface area contributed by atoms with Gasteiger partial charge < -0.3 is 10.6 Å². The lowest BCUT2D eigenvalue weighted by Gasteiger charge is -2.22. The molecule has 2 atom stereocenters. The molecule has 1 aromatic carbocycles. The Bertz CT molecular complexity index is 406. The van der Waals surface area contributed by atoms with Crippen molar-refractivity contribution in [1.29, 1.82) is 0 Å². The summed E-state index contributed by atoms with van der Waals surface area (Å²) in [5, 5.41) is 0. The predicted molar refractivity (Wildman–Crippen MR) is 66.4 cm³/mol. The van der Waals surface area contributed by atoms with Gasteiger partial charge in [-0.2, -0.15) is 0 Å². The molecule has 2 nitrogen and oxygen atoms in total. The van der Waals surface area contributed by atoms with Crippen LogP contribution in [0.5, 0.6) is 0 Å². The van der Waals surface area contributed by atoms with Gasteiger partial charge in [-0.25, -0.2) is 8.78 Å². The molecule has 1 aliphatic rings. The van der Waals surface area contributed by atoms with E-state index in [9.17, 15) is 8.78 Å². The van der Waals surface area contributed by atoms with Crippen molar-refractivity contribution in [3.05, 3.63) is 23.8 Å². The molecule has 17 heavy (non-hydrogen) atoms. The number of hydrogen-bond acceptors (Lipinski definition) is 2. The molecule has 1 aromatic rings. The normalized spacial score (nSPS) is 22.9. The zero-order chi connectivity index (χ0) is 12.6. The molecule has 0 saturated heterocycles. The zero-order valence-electron chi connectivity index (χ0n) is 10.2. The number of benzene rings is 1. The Morgan fingerprint density at radius 3 is 2.65 bits per heavy atom. The van der Waals surface area contributed by atoms with Crippen molar-refractivity contribution >= 4 is 11.4 Å².